The first-order valence-electron chi connectivity index (χ1n) is 8.81. The van der Waals surface area contributed by atoms with Gasteiger partial charge in [0, 0.05) is 26.8 Å². The molecule has 0 bridgehead atoms. The molecule has 1 aliphatic rings. The van der Waals surface area contributed by atoms with Gasteiger partial charge in [0.05, 0.1) is 19.8 Å². The molecule has 0 spiro atoms. The van der Waals surface area contributed by atoms with E-state index in [9.17, 15) is 0 Å². The zero-order chi connectivity index (χ0) is 17.7. The number of hydrogen-bond donors (Lipinski definition) is 2. The molecule has 1 aromatic rings. The van der Waals surface area contributed by atoms with Gasteiger partial charge in [-0.1, -0.05) is 6.07 Å². The minimum Gasteiger partial charge on any atom is -0.454 e. The van der Waals surface area contributed by atoms with Crippen molar-refractivity contribution < 1.29 is 18.9 Å². The van der Waals surface area contributed by atoms with Gasteiger partial charge < -0.3 is 29.6 Å². The highest BCUT2D eigenvalue weighted by Crippen LogP contribution is 2.32. The second kappa shape index (κ2) is 13.9. The van der Waals surface area contributed by atoms with E-state index in [-0.39, 0.29) is 24.0 Å². The van der Waals surface area contributed by atoms with Gasteiger partial charge in [-0.25, -0.2) is 4.99 Å². The van der Waals surface area contributed by atoms with E-state index in [1.165, 1.54) is 0 Å². The summed E-state index contributed by atoms with van der Waals surface area (Å²) in [5.74, 6) is 2.41. The third kappa shape index (κ3) is 8.41. The Kier molecular flexibility index (Phi) is 12.2. The molecule has 1 heterocycles. The van der Waals surface area contributed by atoms with E-state index < -0.39 is 0 Å². The van der Waals surface area contributed by atoms with Crippen LogP contribution in [0.5, 0.6) is 11.5 Å². The number of benzene rings is 1. The maximum Gasteiger partial charge on any atom is 0.231 e. The number of ether oxygens (including phenoxy) is 4. The molecule has 1 aromatic carbocycles. The van der Waals surface area contributed by atoms with Crippen LogP contribution in [0.3, 0.4) is 0 Å². The first kappa shape index (κ1) is 22.8. The third-order valence-electron chi connectivity index (χ3n) is 3.64. The number of aliphatic imine (C=N–C) groups is 1. The van der Waals surface area contributed by atoms with Crippen LogP contribution < -0.4 is 20.1 Å². The lowest BCUT2D eigenvalue weighted by molar-refractivity contribution is 0.0689. The first-order chi connectivity index (χ1) is 12.3. The van der Waals surface area contributed by atoms with Gasteiger partial charge in [0.25, 0.3) is 0 Å². The second-order valence-electron chi connectivity index (χ2n) is 5.62. The summed E-state index contributed by atoms with van der Waals surface area (Å²) in [7, 11) is 1.68. The average molecular weight is 479 g/mol. The van der Waals surface area contributed by atoms with Gasteiger partial charge in [0.1, 0.15) is 0 Å². The van der Waals surface area contributed by atoms with Crippen molar-refractivity contribution in [1.82, 2.24) is 10.6 Å². The maximum atomic E-state index is 5.45. The molecule has 0 fully saturated rings. The molecule has 0 saturated heterocycles. The Morgan fingerprint density at radius 3 is 2.77 bits per heavy atom. The summed E-state index contributed by atoms with van der Waals surface area (Å²) < 4.78 is 21.1. The minimum absolute atomic E-state index is 0. The highest BCUT2D eigenvalue weighted by molar-refractivity contribution is 14.0. The van der Waals surface area contributed by atoms with Crippen LogP contribution >= 0.6 is 24.0 Å². The summed E-state index contributed by atoms with van der Waals surface area (Å²) in [5.41, 5.74) is 1.09. The molecule has 0 amide bonds. The van der Waals surface area contributed by atoms with Crippen molar-refractivity contribution in [1.29, 1.82) is 0 Å². The Bertz CT molecular complexity index is 543. The van der Waals surface area contributed by atoms with Gasteiger partial charge in [-0.15, -0.1) is 24.0 Å². The van der Waals surface area contributed by atoms with Crippen LogP contribution in [0.1, 0.15) is 25.3 Å². The molecule has 2 N–H and O–H groups in total. The molecule has 26 heavy (non-hydrogen) atoms. The molecule has 0 unspecified atom stereocenters. The van der Waals surface area contributed by atoms with Gasteiger partial charge in [0.2, 0.25) is 6.79 Å². The molecule has 0 aromatic heterocycles. The Labute approximate surface area is 172 Å². The summed E-state index contributed by atoms with van der Waals surface area (Å²) in [4.78, 5) is 4.62. The molecule has 0 saturated carbocycles. The largest absolute Gasteiger partial charge is 0.454 e. The van der Waals surface area contributed by atoms with E-state index in [2.05, 4.69) is 22.5 Å². The summed E-state index contributed by atoms with van der Waals surface area (Å²) >= 11 is 0. The zero-order valence-corrected chi connectivity index (χ0v) is 17.9. The number of methoxy groups -OCH3 is 1. The third-order valence-corrected chi connectivity index (χ3v) is 3.64. The van der Waals surface area contributed by atoms with Crippen LogP contribution in [0.25, 0.3) is 0 Å². The van der Waals surface area contributed by atoms with E-state index in [1.54, 1.807) is 7.11 Å². The van der Waals surface area contributed by atoms with Crippen LogP contribution in [-0.4, -0.2) is 52.8 Å². The topological polar surface area (TPSA) is 73.3 Å². The lowest BCUT2D eigenvalue weighted by atomic mass is 10.2. The van der Waals surface area contributed by atoms with E-state index >= 15 is 0 Å². The number of fused-ring (bicyclic) bond motifs is 1. The molecular weight excluding hydrogens is 449 g/mol. The number of nitrogens with one attached hydrogen (secondary N) is 2. The fraction of sp³-hybridized carbons (Fsp3) is 0.611. The fourth-order valence-corrected chi connectivity index (χ4v) is 2.33. The van der Waals surface area contributed by atoms with Gasteiger partial charge in [-0.2, -0.15) is 0 Å². The number of unbranched alkanes of at least 4 members (excludes halogenated alkanes) is 1. The Balaban J connectivity index is 0.00000338. The molecule has 148 valence electrons. The van der Waals surface area contributed by atoms with Crippen LogP contribution in [-0.2, 0) is 16.0 Å². The number of halogens is 1. The SMILES string of the molecule is CCNC(=NCc1ccc2c(c1)OCO2)NCCCCOCCOC.I. The smallest absolute Gasteiger partial charge is 0.231 e. The van der Waals surface area contributed by atoms with E-state index in [4.69, 9.17) is 18.9 Å². The molecule has 1 aliphatic heterocycles. The predicted octanol–water partition coefficient (Wildman–Crippen LogP) is 2.53. The number of guanidine groups is 1. The van der Waals surface area contributed by atoms with Crippen molar-refractivity contribution in [2.75, 3.05) is 46.8 Å². The lowest BCUT2D eigenvalue weighted by Gasteiger charge is -2.11. The van der Waals surface area contributed by atoms with E-state index in [1.807, 2.05) is 18.2 Å². The highest BCUT2D eigenvalue weighted by Gasteiger charge is 2.12. The van der Waals surface area contributed by atoms with Crippen molar-refractivity contribution in [2.45, 2.75) is 26.3 Å². The van der Waals surface area contributed by atoms with E-state index in [0.29, 0.717) is 26.6 Å². The van der Waals surface area contributed by atoms with Crippen LogP contribution in [0, 0.1) is 0 Å². The second-order valence-corrected chi connectivity index (χ2v) is 5.62. The molecule has 0 aliphatic carbocycles. The van der Waals surface area contributed by atoms with Gasteiger partial charge >= 0.3 is 0 Å². The monoisotopic (exact) mass is 479 g/mol. The molecule has 8 heteroatoms. The number of rotatable bonds is 11. The molecule has 0 radical (unpaired) electrons. The number of nitrogens with zero attached hydrogens (tertiary/aromatic N) is 1. The van der Waals surface area contributed by atoms with Crippen molar-refractivity contribution in [3.63, 3.8) is 0 Å². The number of hydrogen-bond acceptors (Lipinski definition) is 5. The first-order valence-corrected chi connectivity index (χ1v) is 8.81. The normalized spacial score (nSPS) is 12.6. The maximum absolute atomic E-state index is 5.45. The highest BCUT2D eigenvalue weighted by atomic mass is 127. The van der Waals surface area contributed by atoms with Crippen LogP contribution in [0.2, 0.25) is 0 Å². The van der Waals surface area contributed by atoms with Crippen molar-refractivity contribution >= 4 is 29.9 Å². The Hall–Kier alpha value is -1.26. The molecule has 2 rings (SSSR count). The van der Waals surface area contributed by atoms with Gasteiger partial charge in [0.15, 0.2) is 17.5 Å². The van der Waals surface area contributed by atoms with Gasteiger partial charge in [-0.05, 0) is 37.5 Å². The van der Waals surface area contributed by atoms with Crippen molar-refractivity contribution in [3.05, 3.63) is 23.8 Å². The van der Waals surface area contributed by atoms with Crippen LogP contribution in [0.4, 0.5) is 0 Å². The molecule has 0 atom stereocenters. The summed E-state index contributed by atoms with van der Waals surface area (Å²) in [6, 6.07) is 5.92. The zero-order valence-electron chi connectivity index (χ0n) is 15.6. The Morgan fingerprint density at radius 1 is 1.12 bits per heavy atom. The van der Waals surface area contributed by atoms with Crippen molar-refractivity contribution in [2.24, 2.45) is 4.99 Å². The lowest BCUT2D eigenvalue weighted by Crippen LogP contribution is -2.37. The van der Waals surface area contributed by atoms with Crippen LogP contribution in [0.15, 0.2) is 23.2 Å². The standard InChI is InChI=1S/C18H29N3O4.HI/c1-3-19-18(20-8-4-5-9-23-11-10-22-2)21-13-15-6-7-16-17(12-15)25-14-24-16;/h6-7,12H,3-5,8-11,13-14H2,1-2H3,(H2,19,20,21);1H. The van der Waals surface area contributed by atoms with Gasteiger partial charge in [-0.3, -0.25) is 0 Å². The van der Waals surface area contributed by atoms with E-state index in [0.717, 1.165) is 55.6 Å². The minimum atomic E-state index is 0. The average Bonchev–Trinajstić information content (AvgIpc) is 3.09. The molecular formula is C18H30IN3O4. The molecule has 7 nitrogen and oxygen atoms in total. The fourth-order valence-electron chi connectivity index (χ4n) is 2.33. The van der Waals surface area contributed by atoms with Crippen molar-refractivity contribution in [3.8, 4) is 11.5 Å². The summed E-state index contributed by atoms with van der Waals surface area (Å²) in [5, 5.41) is 6.61. The summed E-state index contributed by atoms with van der Waals surface area (Å²) in [6.45, 7) is 6.69. The Morgan fingerprint density at radius 2 is 1.96 bits per heavy atom. The predicted molar refractivity (Wildman–Crippen MR) is 113 cm³/mol. The summed E-state index contributed by atoms with van der Waals surface area (Å²) in [6.07, 6.45) is 2.04. The quantitative estimate of drug-likeness (QED) is 0.220.